The first kappa shape index (κ1) is 19.0. The van der Waals surface area contributed by atoms with E-state index in [1.54, 1.807) is 6.07 Å². The Morgan fingerprint density at radius 3 is 2.48 bits per heavy atom. The molecule has 0 aromatic heterocycles. The van der Waals surface area contributed by atoms with Crippen LogP contribution in [-0.4, -0.2) is 16.7 Å². The summed E-state index contributed by atoms with van der Waals surface area (Å²) in [5, 5.41) is 10.7. The molecular formula is C23H27NO3. The molecule has 1 aliphatic rings. The van der Waals surface area contributed by atoms with Crippen LogP contribution in [0.2, 0.25) is 0 Å². The lowest BCUT2D eigenvalue weighted by Gasteiger charge is -2.37. The summed E-state index contributed by atoms with van der Waals surface area (Å²) in [5.41, 5.74) is 8.26. The largest absolute Gasteiger partial charge is 0.512 e. The quantitative estimate of drug-likeness (QED) is 0.549. The fourth-order valence-corrected chi connectivity index (χ4v) is 3.78. The van der Waals surface area contributed by atoms with Gasteiger partial charge in [0.2, 0.25) is 0 Å². The van der Waals surface area contributed by atoms with Gasteiger partial charge in [0, 0.05) is 18.5 Å². The van der Waals surface area contributed by atoms with E-state index in [0.29, 0.717) is 30.5 Å². The molecule has 1 heterocycles. The molecule has 3 N–H and O–H groups in total. The Morgan fingerprint density at radius 1 is 1.07 bits per heavy atom. The lowest BCUT2D eigenvalue weighted by atomic mass is 9.83. The number of cyclic esters (lactones) is 1. The van der Waals surface area contributed by atoms with Crippen LogP contribution < -0.4 is 5.73 Å². The van der Waals surface area contributed by atoms with Crippen molar-refractivity contribution in [1.82, 2.24) is 0 Å². The zero-order chi connectivity index (χ0) is 19.3. The van der Waals surface area contributed by atoms with E-state index in [1.807, 2.05) is 36.4 Å². The second-order valence-electron chi connectivity index (χ2n) is 7.33. The summed E-state index contributed by atoms with van der Waals surface area (Å²) in [7, 11) is 0. The minimum absolute atomic E-state index is 0.148. The van der Waals surface area contributed by atoms with Crippen molar-refractivity contribution in [3.63, 3.8) is 0 Å². The molecule has 1 unspecified atom stereocenters. The number of esters is 1. The predicted molar refractivity (Wildman–Crippen MR) is 107 cm³/mol. The highest BCUT2D eigenvalue weighted by Gasteiger charge is 2.40. The first-order valence-corrected chi connectivity index (χ1v) is 9.54. The summed E-state index contributed by atoms with van der Waals surface area (Å²) in [4.78, 5) is 12.7. The van der Waals surface area contributed by atoms with Crippen molar-refractivity contribution >= 4 is 11.7 Å². The molecule has 0 bridgehead atoms. The van der Waals surface area contributed by atoms with Crippen LogP contribution in [0.15, 0.2) is 65.9 Å². The molecule has 4 nitrogen and oxygen atoms in total. The molecule has 27 heavy (non-hydrogen) atoms. The number of hydrogen-bond acceptors (Lipinski definition) is 4. The molecular weight excluding hydrogens is 338 g/mol. The Kier molecular flexibility index (Phi) is 5.84. The Labute approximate surface area is 160 Å². The summed E-state index contributed by atoms with van der Waals surface area (Å²) in [5.74, 6) is -0.266. The second kappa shape index (κ2) is 8.30. The van der Waals surface area contributed by atoms with E-state index >= 15 is 0 Å². The third kappa shape index (κ3) is 4.70. The maximum Gasteiger partial charge on any atom is 0.338 e. The molecule has 0 radical (unpaired) electrons. The zero-order valence-corrected chi connectivity index (χ0v) is 15.8. The average Bonchev–Trinajstić information content (AvgIpc) is 2.64. The molecule has 1 aliphatic heterocycles. The van der Waals surface area contributed by atoms with E-state index in [2.05, 4.69) is 19.1 Å². The van der Waals surface area contributed by atoms with Crippen LogP contribution in [0.1, 0.15) is 43.7 Å². The van der Waals surface area contributed by atoms with Crippen LogP contribution in [0.5, 0.6) is 0 Å². The number of nitrogens with two attached hydrogens (primary N) is 1. The smallest absolute Gasteiger partial charge is 0.338 e. The van der Waals surface area contributed by atoms with Crippen molar-refractivity contribution in [2.45, 2.75) is 51.0 Å². The Balaban J connectivity index is 1.78. The minimum atomic E-state index is -0.634. The van der Waals surface area contributed by atoms with Crippen molar-refractivity contribution < 1.29 is 14.6 Å². The number of benzene rings is 2. The van der Waals surface area contributed by atoms with Crippen LogP contribution in [0.3, 0.4) is 0 Å². The van der Waals surface area contributed by atoms with Gasteiger partial charge in [-0.05, 0) is 42.5 Å². The summed E-state index contributed by atoms with van der Waals surface area (Å²) in [6.45, 7) is 2.07. The fourth-order valence-electron chi connectivity index (χ4n) is 3.78. The number of hydrogen-bond donors (Lipinski definition) is 2. The van der Waals surface area contributed by atoms with Gasteiger partial charge in [-0.1, -0.05) is 55.8 Å². The van der Waals surface area contributed by atoms with Crippen molar-refractivity contribution in [3.05, 3.63) is 77.1 Å². The molecule has 2 aromatic carbocycles. The molecule has 0 spiro atoms. The van der Waals surface area contributed by atoms with Gasteiger partial charge in [-0.2, -0.15) is 0 Å². The van der Waals surface area contributed by atoms with Gasteiger partial charge in [0.05, 0.1) is 5.57 Å². The second-order valence-corrected chi connectivity index (χ2v) is 7.33. The van der Waals surface area contributed by atoms with Gasteiger partial charge in [-0.3, -0.25) is 0 Å². The van der Waals surface area contributed by atoms with E-state index < -0.39 is 11.6 Å². The fraction of sp³-hybridized carbons (Fsp3) is 0.348. The first-order valence-electron chi connectivity index (χ1n) is 9.54. The molecule has 4 heteroatoms. The first-order chi connectivity index (χ1) is 13.0. The molecule has 2 aromatic rings. The molecule has 0 saturated heterocycles. The standard InChI is InChI=1S/C23H27NO3/c1-2-12-23(13-11-17-7-4-3-5-8-17)16-21(25)20(22(26)27-23)15-18-9-6-10-19(24)14-18/h3-10,14,25H,2,11-13,15-16,24H2,1H3. The molecule has 0 fully saturated rings. The monoisotopic (exact) mass is 365 g/mol. The zero-order valence-electron chi connectivity index (χ0n) is 15.8. The number of rotatable bonds is 7. The van der Waals surface area contributed by atoms with Crippen molar-refractivity contribution in [2.75, 3.05) is 5.73 Å². The van der Waals surface area contributed by atoms with Gasteiger partial charge in [0.1, 0.15) is 11.4 Å². The number of ether oxygens (including phenoxy) is 1. The normalized spacial score (nSPS) is 19.8. The number of aliphatic hydroxyl groups excluding tert-OH is 1. The Morgan fingerprint density at radius 2 is 1.81 bits per heavy atom. The Bertz CT molecular complexity index is 829. The number of carbonyl (C=O) groups excluding carboxylic acids is 1. The highest BCUT2D eigenvalue weighted by molar-refractivity contribution is 5.90. The summed E-state index contributed by atoms with van der Waals surface area (Å²) in [6, 6.07) is 17.5. The predicted octanol–water partition coefficient (Wildman–Crippen LogP) is 4.74. The van der Waals surface area contributed by atoms with E-state index in [1.165, 1.54) is 5.56 Å². The van der Waals surface area contributed by atoms with E-state index in [9.17, 15) is 9.90 Å². The lowest BCUT2D eigenvalue weighted by Crippen LogP contribution is -2.41. The SMILES string of the molecule is CCCC1(CCc2ccccc2)CC(O)=C(Cc2cccc(N)c2)C(=O)O1. The van der Waals surface area contributed by atoms with Crippen LogP contribution in [-0.2, 0) is 22.4 Å². The van der Waals surface area contributed by atoms with Crippen LogP contribution in [0.25, 0.3) is 0 Å². The van der Waals surface area contributed by atoms with Gasteiger partial charge in [0.25, 0.3) is 0 Å². The summed E-state index contributed by atoms with van der Waals surface area (Å²) in [6.07, 6.45) is 3.84. The average molecular weight is 365 g/mol. The maximum absolute atomic E-state index is 12.7. The van der Waals surface area contributed by atoms with Gasteiger partial charge < -0.3 is 15.6 Å². The summed E-state index contributed by atoms with van der Waals surface area (Å²) < 4.78 is 5.93. The van der Waals surface area contributed by atoms with Gasteiger partial charge >= 0.3 is 5.97 Å². The van der Waals surface area contributed by atoms with Crippen LogP contribution in [0.4, 0.5) is 5.69 Å². The van der Waals surface area contributed by atoms with Gasteiger partial charge in [-0.25, -0.2) is 4.79 Å². The van der Waals surface area contributed by atoms with E-state index in [0.717, 1.165) is 24.8 Å². The molecule has 3 rings (SSSR count). The number of aliphatic hydroxyl groups is 1. The molecule has 142 valence electrons. The topological polar surface area (TPSA) is 72.5 Å². The minimum Gasteiger partial charge on any atom is -0.512 e. The number of anilines is 1. The van der Waals surface area contributed by atoms with E-state index in [4.69, 9.17) is 10.5 Å². The number of nitrogen functional groups attached to an aromatic ring is 1. The van der Waals surface area contributed by atoms with E-state index in [-0.39, 0.29) is 5.76 Å². The number of aryl methyl sites for hydroxylation is 1. The third-order valence-electron chi connectivity index (χ3n) is 5.14. The molecule has 1 atom stereocenters. The van der Waals surface area contributed by atoms with Crippen molar-refractivity contribution in [3.8, 4) is 0 Å². The van der Waals surface area contributed by atoms with Gasteiger partial charge in [0.15, 0.2) is 0 Å². The highest BCUT2D eigenvalue weighted by Crippen LogP contribution is 2.37. The van der Waals surface area contributed by atoms with Crippen molar-refractivity contribution in [2.24, 2.45) is 0 Å². The summed E-state index contributed by atoms with van der Waals surface area (Å²) >= 11 is 0. The molecule has 0 amide bonds. The third-order valence-corrected chi connectivity index (χ3v) is 5.14. The Hall–Kier alpha value is -2.75. The molecule has 0 saturated carbocycles. The van der Waals surface area contributed by atoms with Crippen LogP contribution in [0, 0.1) is 0 Å². The lowest BCUT2D eigenvalue weighted by molar-refractivity contribution is -0.160. The maximum atomic E-state index is 12.7. The van der Waals surface area contributed by atoms with Crippen LogP contribution >= 0.6 is 0 Å². The number of carbonyl (C=O) groups is 1. The van der Waals surface area contributed by atoms with Gasteiger partial charge in [-0.15, -0.1) is 0 Å². The van der Waals surface area contributed by atoms with Crippen molar-refractivity contribution in [1.29, 1.82) is 0 Å². The highest BCUT2D eigenvalue weighted by atomic mass is 16.6. The molecule has 0 aliphatic carbocycles.